The lowest BCUT2D eigenvalue weighted by Gasteiger charge is -2.36. The average molecular weight is 415 g/mol. The van der Waals surface area contributed by atoms with E-state index in [-0.39, 0.29) is 17.2 Å². The van der Waals surface area contributed by atoms with Gasteiger partial charge in [-0.2, -0.15) is 0 Å². The molecule has 29 heavy (non-hydrogen) atoms. The van der Waals surface area contributed by atoms with Crippen LogP contribution in [-0.4, -0.2) is 59.0 Å². The van der Waals surface area contributed by atoms with Crippen molar-refractivity contribution in [3.8, 4) is 0 Å². The monoisotopic (exact) mass is 414 g/mol. The average Bonchev–Trinajstić information content (AvgIpc) is 3.01. The van der Waals surface area contributed by atoms with Crippen molar-refractivity contribution in [2.75, 3.05) is 54.3 Å². The number of amides is 1. The molecule has 8 heteroatoms. The van der Waals surface area contributed by atoms with Crippen LogP contribution in [0.2, 0.25) is 0 Å². The number of hydrogen-bond donors (Lipinski definition) is 1. The van der Waals surface area contributed by atoms with Gasteiger partial charge in [0.25, 0.3) is 10.0 Å². The quantitative estimate of drug-likeness (QED) is 0.812. The minimum absolute atomic E-state index is 0.0286. The highest BCUT2D eigenvalue weighted by molar-refractivity contribution is 7.92. The Morgan fingerprint density at radius 1 is 1.00 bits per heavy atom. The molecule has 0 saturated carbocycles. The van der Waals surface area contributed by atoms with Gasteiger partial charge in [-0.15, -0.1) is 0 Å². The molecule has 1 amide bonds. The summed E-state index contributed by atoms with van der Waals surface area (Å²) in [4.78, 5) is 18.2. The Labute approximate surface area is 172 Å². The first-order chi connectivity index (χ1) is 13.9. The van der Waals surface area contributed by atoms with E-state index >= 15 is 0 Å². The first-order valence-corrected chi connectivity index (χ1v) is 11.4. The van der Waals surface area contributed by atoms with E-state index in [9.17, 15) is 13.2 Å². The summed E-state index contributed by atoms with van der Waals surface area (Å²) in [5, 5.41) is 0. The van der Waals surface area contributed by atoms with Crippen LogP contribution in [-0.2, 0) is 21.2 Å². The van der Waals surface area contributed by atoms with E-state index in [2.05, 4.69) is 21.4 Å². The van der Waals surface area contributed by atoms with Crippen molar-refractivity contribution in [1.29, 1.82) is 0 Å². The van der Waals surface area contributed by atoms with Crippen molar-refractivity contribution in [3.63, 3.8) is 0 Å². The number of hydrogen-bond acceptors (Lipinski definition) is 5. The Balaban J connectivity index is 1.58. The van der Waals surface area contributed by atoms with Crippen LogP contribution < -0.4 is 14.5 Å². The maximum Gasteiger partial charge on any atom is 0.261 e. The lowest BCUT2D eigenvalue weighted by Crippen LogP contribution is -2.46. The summed E-state index contributed by atoms with van der Waals surface area (Å²) in [6, 6.07) is 12.4. The summed E-state index contributed by atoms with van der Waals surface area (Å²) >= 11 is 0. The van der Waals surface area contributed by atoms with Gasteiger partial charge in [0, 0.05) is 38.9 Å². The Hall–Kier alpha value is -2.58. The van der Waals surface area contributed by atoms with Crippen molar-refractivity contribution in [3.05, 3.63) is 48.0 Å². The van der Waals surface area contributed by atoms with Gasteiger partial charge in [0.05, 0.1) is 22.7 Å². The third-order valence-corrected chi connectivity index (χ3v) is 7.11. The fourth-order valence-corrected chi connectivity index (χ4v) is 5.08. The van der Waals surface area contributed by atoms with E-state index in [0.717, 1.165) is 49.7 Å². The molecule has 1 fully saturated rings. The van der Waals surface area contributed by atoms with Gasteiger partial charge in [-0.1, -0.05) is 19.1 Å². The zero-order chi connectivity index (χ0) is 20.6. The highest BCUT2D eigenvalue weighted by Crippen LogP contribution is 2.32. The number of fused-ring (bicyclic) bond motifs is 1. The van der Waals surface area contributed by atoms with Gasteiger partial charge >= 0.3 is 0 Å². The number of carbonyl (C=O) groups excluding carboxylic acids is 1. The lowest BCUT2D eigenvalue weighted by molar-refractivity contribution is -0.117. The summed E-state index contributed by atoms with van der Waals surface area (Å²) in [5.74, 6) is -0.0286. The van der Waals surface area contributed by atoms with Crippen molar-refractivity contribution in [2.24, 2.45) is 0 Å². The first-order valence-electron chi connectivity index (χ1n) is 9.87. The van der Waals surface area contributed by atoms with Crippen molar-refractivity contribution in [2.45, 2.75) is 18.2 Å². The molecule has 2 aliphatic rings. The predicted molar refractivity (Wildman–Crippen MR) is 115 cm³/mol. The molecule has 154 valence electrons. The van der Waals surface area contributed by atoms with Crippen molar-refractivity contribution in [1.82, 2.24) is 4.90 Å². The minimum atomic E-state index is -3.76. The Bertz CT molecular complexity index is 1030. The second-order valence-corrected chi connectivity index (χ2v) is 9.15. The Kier molecular flexibility index (Phi) is 5.23. The fraction of sp³-hybridized carbons (Fsp3) is 0.381. The van der Waals surface area contributed by atoms with E-state index in [4.69, 9.17) is 0 Å². The molecule has 2 aliphatic heterocycles. The largest absolute Gasteiger partial charge is 0.367 e. The van der Waals surface area contributed by atoms with Crippen LogP contribution in [0.4, 0.5) is 17.1 Å². The molecule has 1 saturated heterocycles. The van der Waals surface area contributed by atoms with Crippen LogP contribution in [0.15, 0.2) is 47.4 Å². The summed E-state index contributed by atoms with van der Waals surface area (Å²) < 4.78 is 28.9. The zero-order valence-corrected chi connectivity index (χ0v) is 17.6. The summed E-state index contributed by atoms with van der Waals surface area (Å²) in [7, 11) is -2.06. The number of nitrogens with zero attached hydrogens (tertiary/aromatic N) is 3. The van der Waals surface area contributed by atoms with Gasteiger partial charge in [-0.3, -0.25) is 9.52 Å². The van der Waals surface area contributed by atoms with Gasteiger partial charge < -0.3 is 14.7 Å². The second-order valence-electron chi connectivity index (χ2n) is 7.46. The standard InChI is InChI=1S/C21H26N4O3S/c1-3-24-10-12-25(13-11-24)20-7-5-4-6-18(20)22-29(27,28)17-8-9-19-16(14-17)15-21(26)23(19)2/h4-9,14,22H,3,10-13,15H2,1-2H3. The van der Waals surface area contributed by atoms with Gasteiger partial charge in [0.1, 0.15) is 0 Å². The molecule has 7 nitrogen and oxygen atoms in total. The summed E-state index contributed by atoms with van der Waals surface area (Å²) in [6.45, 7) is 6.82. The fourth-order valence-electron chi connectivity index (χ4n) is 3.96. The van der Waals surface area contributed by atoms with Crippen molar-refractivity contribution >= 4 is 33.0 Å². The Morgan fingerprint density at radius 3 is 2.45 bits per heavy atom. The molecule has 2 aromatic rings. The van der Waals surface area contributed by atoms with Crippen LogP contribution in [0.1, 0.15) is 12.5 Å². The highest BCUT2D eigenvalue weighted by atomic mass is 32.2. The molecular weight excluding hydrogens is 388 g/mol. The third kappa shape index (κ3) is 3.82. The number of anilines is 3. The molecule has 4 rings (SSSR count). The molecule has 0 radical (unpaired) electrons. The lowest BCUT2D eigenvalue weighted by atomic mass is 10.2. The smallest absolute Gasteiger partial charge is 0.261 e. The summed E-state index contributed by atoms with van der Waals surface area (Å²) in [6.07, 6.45) is 0.230. The summed E-state index contributed by atoms with van der Waals surface area (Å²) in [5.41, 5.74) is 2.97. The normalized spacial score (nSPS) is 17.5. The number of piperazine rings is 1. The number of nitrogens with one attached hydrogen (secondary N) is 1. The van der Waals surface area contributed by atoms with E-state index in [1.807, 2.05) is 18.2 Å². The number of para-hydroxylation sites is 2. The van der Waals surface area contributed by atoms with Crippen molar-refractivity contribution < 1.29 is 13.2 Å². The third-order valence-electron chi connectivity index (χ3n) is 5.75. The molecule has 0 aliphatic carbocycles. The van der Waals surface area contributed by atoms with Crippen LogP contribution in [0.25, 0.3) is 0 Å². The molecule has 0 bridgehead atoms. The van der Waals surface area contributed by atoms with E-state index in [0.29, 0.717) is 5.69 Å². The number of carbonyl (C=O) groups is 1. The number of sulfonamides is 1. The van der Waals surface area contributed by atoms with Crippen LogP contribution in [0.5, 0.6) is 0 Å². The molecular formula is C21H26N4O3S. The molecule has 1 N–H and O–H groups in total. The van der Waals surface area contributed by atoms with Crippen LogP contribution in [0.3, 0.4) is 0 Å². The maximum absolute atomic E-state index is 13.1. The topological polar surface area (TPSA) is 73.0 Å². The Morgan fingerprint density at radius 2 is 1.72 bits per heavy atom. The first kappa shape index (κ1) is 19.7. The van der Waals surface area contributed by atoms with E-state index in [1.54, 1.807) is 36.2 Å². The SMILES string of the molecule is CCN1CCN(c2ccccc2NS(=O)(=O)c2ccc3c(c2)CC(=O)N3C)CC1. The zero-order valence-electron chi connectivity index (χ0n) is 16.8. The van der Waals surface area contributed by atoms with Gasteiger partial charge in [0.2, 0.25) is 5.91 Å². The number of rotatable bonds is 5. The molecule has 0 aromatic heterocycles. The molecule has 2 heterocycles. The van der Waals surface area contributed by atoms with Gasteiger partial charge in [-0.25, -0.2) is 8.42 Å². The minimum Gasteiger partial charge on any atom is -0.367 e. The predicted octanol–water partition coefficient (Wildman–Crippen LogP) is 2.15. The van der Waals surface area contributed by atoms with Crippen LogP contribution >= 0.6 is 0 Å². The number of benzene rings is 2. The number of likely N-dealkylation sites (N-methyl/N-ethyl adjacent to an activating group) is 2. The molecule has 0 unspecified atom stereocenters. The van der Waals surface area contributed by atoms with Crippen LogP contribution in [0, 0.1) is 0 Å². The molecule has 0 atom stereocenters. The van der Waals surface area contributed by atoms with Gasteiger partial charge in [0.15, 0.2) is 0 Å². The maximum atomic E-state index is 13.1. The highest BCUT2D eigenvalue weighted by Gasteiger charge is 2.27. The van der Waals surface area contributed by atoms with Gasteiger partial charge in [-0.05, 0) is 42.4 Å². The van der Waals surface area contributed by atoms with E-state index < -0.39 is 10.0 Å². The second kappa shape index (κ2) is 7.68. The molecule has 2 aromatic carbocycles. The van der Waals surface area contributed by atoms with E-state index in [1.165, 1.54) is 0 Å². The molecule has 0 spiro atoms.